The van der Waals surface area contributed by atoms with Gasteiger partial charge in [-0.2, -0.15) is 0 Å². The molecule has 0 bridgehead atoms. The second kappa shape index (κ2) is 8.17. The number of piperidine rings is 1. The fraction of sp³-hybridized carbons (Fsp3) is 0.423. The van der Waals surface area contributed by atoms with Gasteiger partial charge < -0.3 is 15.0 Å². The van der Waals surface area contributed by atoms with E-state index in [-0.39, 0.29) is 11.6 Å². The number of hydrogen-bond donors (Lipinski definition) is 1. The Morgan fingerprint density at radius 3 is 2.50 bits per heavy atom. The summed E-state index contributed by atoms with van der Waals surface area (Å²) in [5, 5.41) is 3.25. The maximum atomic E-state index is 12.7. The molecule has 156 valence electrons. The van der Waals surface area contributed by atoms with Crippen LogP contribution in [0.4, 0.5) is 4.79 Å². The average Bonchev–Trinajstić information content (AvgIpc) is 2.80. The Kier molecular flexibility index (Phi) is 5.24. The van der Waals surface area contributed by atoms with Gasteiger partial charge in [-0.05, 0) is 42.2 Å². The van der Waals surface area contributed by atoms with Gasteiger partial charge in [-0.25, -0.2) is 4.79 Å². The SMILES string of the molecule is O=C(NC1CCCCC1)N1CCC2(C=Cc3cc(-c4ccccc4)ccc3O2)CC1. The lowest BCUT2D eigenvalue weighted by atomic mass is 9.87. The summed E-state index contributed by atoms with van der Waals surface area (Å²) in [6.45, 7) is 1.47. The Balaban J connectivity index is 1.22. The van der Waals surface area contributed by atoms with E-state index in [1.165, 1.54) is 30.4 Å². The Bertz CT molecular complexity index is 923. The molecule has 5 rings (SSSR count). The predicted octanol–water partition coefficient (Wildman–Crippen LogP) is 5.64. The molecule has 0 atom stereocenters. The fourth-order valence-corrected chi connectivity index (χ4v) is 4.95. The van der Waals surface area contributed by atoms with Crippen LogP contribution in [0.25, 0.3) is 17.2 Å². The van der Waals surface area contributed by atoms with Gasteiger partial charge in [-0.15, -0.1) is 0 Å². The lowest BCUT2D eigenvalue weighted by molar-refractivity contribution is 0.0491. The summed E-state index contributed by atoms with van der Waals surface area (Å²) < 4.78 is 6.48. The number of likely N-dealkylation sites (tertiary alicyclic amines) is 1. The molecule has 30 heavy (non-hydrogen) atoms. The molecule has 0 radical (unpaired) electrons. The summed E-state index contributed by atoms with van der Waals surface area (Å²) in [4.78, 5) is 14.6. The summed E-state index contributed by atoms with van der Waals surface area (Å²) in [6, 6.07) is 17.3. The molecule has 0 unspecified atom stereocenters. The normalized spacial score (nSPS) is 20.5. The number of hydrogen-bond acceptors (Lipinski definition) is 2. The molecule has 4 nitrogen and oxygen atoms in total. The molecule has 3 aliphatic rings. The zero-order chi connectivity index (χ0) is 20.4. The van der Waals surface area contributed by atoms with Crippen LogP contribution < -0.4 is 10.1 Å². The topological polar surface area (TPSA) is 41.6 Å². The molecular weight excluding hydrogens is 372 g/mol. The monoisotopic (exact) mass is 402 g/mol. The van der Waals surface area contributed by atoms with Crippen molar-refractivity contribution in [3.63, 3.8) is 0 Å². The third-order valence-corrected chi connectivity index (χ3v) is 6.83. The summed E-state index contributed by atoms with van der Waals surface area (Å²) in [5.41, 5.74) is 3.25. The van der Waals surface area contributed by atoms with Gasteiger partial charge in [0.15, 0.2) is 0 Å². The number of benzene rings is 2. The van der Waals surface area contributed by atoms with Crippen LogP contribution in [0.3, 0.4) is 0 Å². The molecule has 1 spiro atoms. The highest BCUT2D eigenvalue weighted by molar-refractivity contribution is 5.75. The maximum absolute atomic E-state index is 12.7. The number of carbonyl (C=O) groups excluding carboxylic acids is 1. The number of amides is 2. The minimum Gasteiger partial charge on any atom is -0.482 e. The molecule has 2 fully saturated rings. The van der Waals surface area contributed by atoms with Crippen LogP contribution in [-0.2, 0) is 0 Å². The van der Waals surface area contributed by atoms with Crippen LogP contribution in [0, 0.1) is 0 Å². The second-order valence-corrected chi connectivity index (χ2v) is 8.89. The molecule has 2 amide bonds. The first-order chi connectivity index (χ1) is 14.7. The lowest BCUT2D eigenvalue weighted by Gasteiger charge is -2.42. The van der Waals surface area contributed by atoms with E-state index in [1.807, 2.05) is 11.0 Å². The Morgan fingerprint density at radius 1 is 0.967 bits per heavy atom. The van der Waals surface area contributed by atoms with Crippen molar-refractivity contribution in [3.8, 4) is 16.9 Å². The molecule has 4 heteroatoms. The lowest BCUT2D eigenvalue weighted by Crippen LogP contribution is -2.53. The number of urea groups is 1. The van der Waals surface area contributed by atoms with Gasteiger partial charge in [0.2, 0.25) is 0 Å². The zero-order valence-corrected chi connectivity index (χ0v) is 17.5. The highest BCUT2D eigenvalue weighted by Gasteiger charge is 2.38. The molecule has 2 aromatic carbocycles. The minimum absolute atomic E-state index is 0.101. The first-order valence-corrected chi connectivity index (χ1v) is 11.3. The highest BCUT2D eigenvalue weighted by Crippen LogP contribution is 2.38. The predicted molar refractivity (Wildman–Crippen MR) is 120 cm³/mol. The van der Waals surface area contributed by atoms with E-state index in [2.05, 4.69) is 59.9 Å². The Morgan fingerprint density at radius 2 is 1.73 bits per heavy atom. The van der Waals surface area contributed by atoms with Crippen LogP contribution in [0.2, 0.25) is 0 Å². The van der Waals surface area contributed by atoms with Gasteiger partial charge in [-0.3, -0.25) is 0 Å². The number of nitrogens with zero attached hydrogens (tertiary/aromatic N) is 1. The number of fused-ring (bicyclic) bond motifs is 1. The summed E-state index contributed by atoms with van der Waals surface area (Å²) in [7, 11) is 0. The van der Waals surface area contributed by atoms with E-state index in [9.17, 15) is 4.79 Å². The van der Waals surface area contributed by atoms with E-state index in [4.69, 9.17) is 4.74 Å². The van der Waals surface area contributed by atoms with E-state index in [1.54, 1.807) is 0 Å². The number of ether oxygens (including phenoxy) is 1. The van der Waals surface area contributed by atoms with Crippen molar-refractivity contribution in [2.45, 2.75) is 56.6 Å². The van der Waals surface area contributed by atoms with Crippen molar-refractivity contribution in [1.82, 2.24) is 10.2 Å². The molecule has 0 aromatic heterocycles. The van der Waals surface area contributed by atoms with E-state index < -0.39 is 0 Å². The van der Waals surface area contributed by atoms with Gasteiger partial charge in [0, 0.05) is 37.5 Å². The van der Waals surface area contributed by atoms with Gasteiger partial charge in [-0.1, -0.05) is 61.7 Å². The molecule has 1 N–H and O–H groups in total. The van der Waals surface area contributed by atoms with Crippen LogP contribution in [0.5, 0.6) is 5.75 Å². The van der Waals surface area contributed by atoms with Gasteiger partial charge >= 0.3 is 6.03 Å². The largest absolute Gasteiger partial charge is 0.482 e. The van der Waals surface area contributed by atoms with E-state index in [0.29, 0.717) is 6.04 Å². The number of nitrogens with one attached hydrogen (secondary N) is 1. The molecule has 2 heterocycles. The molecule has 2 aromatic rings. The van der Waals surface area contributed by atoms with Crippen LogP contribution in [-0.4, -0.2) is 35.7 Å². The Hall–Kier alpha value is -2.75. The van der Waals surface area contributed by atoms with Crippen LogP contribution in [0.15, 0.2) is 54.6 Å². The van der Waals surface area contributed by atoms with Crippen molar-refractivity contribution in [2.24, 2.45) is 0 Å². The van der Waals surface area contributed by atoms with Gasteiger partial charge in [0.25, 0.3) is 0 Å². The third-order valence-electron chi connectivity index (χ3n) is 6.83. The molecular formula is C26H30N2O2. The standard InChI is InChI=1S/C26H30N2O2/c29-25(27-23-9-5-2-6-10-23)28-17-15-26(16-18-28)14-13-22-19-21(11-12-24(22)30-26)20-7-3-1-4-8-20/h1,3-4,7-8,11-14,19,23H,2,5-6,9-10,15-18H2,(H,27,29). The zero-order valence-electron chi connectivity index (χ0n) is 17.5. The molecule has 1 saturated carbocycles. The van der Waals surface area contributed by atoms with Crippen LogP contribution in [0.1, 0.15) is 50.5 Å². The fourth-order valence-electron chi connectivity index (χ4n) is 4.95. The average molecular weight is 403 g/mol. The smallest absolute Gasteiger partial charge is 0.317 e. The van der Waals surface area contributed by atoms with Gasteiger partial charge in [0.05, 0.1) is 0 Å². The van der Waals surface area contributed by atoms with Crippen LogP contribution >= 0.6 is 0 Å². The van der Waals surface area contributed by atoms with Gasteiger partial charge in [0.1, 0.15) is 11.4 Å². The molecule has 1 saturated heterocycles. The van der Waals surface area contributed by atoms with Crippen molar-refractivity contribution in [1.29, 1.82) is 0 Å². The van der Waals surface area contributed by atoms with Crippen molar-refractivity contribution < 1.29 is 9.53 Å². The Labute approximate surface area is 178 Å². The number of carbonyl (C=O) groups is 1. The first-order valence-electron chi connectivity index (χ1n) is 11.3. The summed E-state index contributed by atoms with van der Waals surface area (Å²) in [5.74, 6) is 0.942. The summed E-state index contributed by atoms with van der Waals surface area (Å²) >= 11 is 0. The van der Waals surface area contributed by atoms with Crippen molar-refractivity contribution in [2.75, 3.05) is 13.1 Å². The highest BCUT2D eigenvalue weighted by atomic mass is 16.5. The quantitative estimate of drug-likeness (QED) is 0.707. The summed E-state index contributed by atoms with van der Waals surface area (Å²) in [6.07, 6.45) is 12.1. The minimum atomic E-state index is -0.289. The third kappa shape index (κ3) is 3.96. The maximum Gasteiger partial charge on any atom is 0.317 e. The number of rotatable bonds is 2. The van der Waals surface area contributed by atoms with Crippen molar-refractivity contribution >= 4 is 12.1 Å². The second-order valence-electron chi connectivity index (χ2n) is 8.89. The van der Waals surface area contributed by atoms with Crippen molar-refractivity contribution in [3.05, 3.63) is 60.2 Å². The molecule has 1 aliphatic carbocycles. The first kappa shape index (κ1) is 19.2. The molecule has 2 aliphatic heterocycles. The van der Waals surface area contributed by atoms with E-state index in [0.717, 1.165) is 50.1 Å². The van der Waals surface area contributed by atoms with E-state index >= 15 is 0 Å².